The van der Waals surface area contributed by atoms with Crippen LogP contribution in [0.4, 0.5) is 0 Å². The van der Waals surface area contributed by atoms with E-state index in [0.29, 0.717) is 6.61 Å². The zero-order chi connectivity index (χ0) is 12.7. The van der Waals surface area contributed by atoms with Gasteiger partial charge in [-0.25, -0.2) is 0 Å². The first-order chi connectivity index (χ1) is 8.08. The highest BCUT2D eigenvalue weighted by Crippen LogP contribution is 2.13. The molecule has 0 bridgehead atoms. The number of carbonyl (C=O) groups excluding carboxylic acids is 1. The summed E-state index contributed by atoms with van der Waals surface area (Å²) >= 11 is 0. The Kier molecular flexibility index (Phi) is 5.43. The van der Waals surface area contributed by atoms with Gasteiger partial charge < -0.3 is 9.64 Å². The van der Waals surface area contributed by atoms with E-state index in [1.807, 2.05) is 38.4 Å². The number of ketones is 1. The molecule has 1 aromatic carbocycles. The fraction of sp³-hybridized carbons (Fsp3) is 0.357. The minimum atomic E-state index is 0.0521. The van der Waals surface area contributed by atoms with Crippen molar-refractivity contribution in [2.75, 3.05) is 27.2 Å². The Morgan fingerprint density at radius 1 is 1.29 bits per heavy atom. The number of hydrogen-bond donors (Lipinski definition) is 0. The van der Waals surface area contributed by atoms with Crippen LogP contribution in [0.2, 0.25) is 0 Å². The van der Waals surface area contributed by atoms with Gasteiger partial charge in [0.1, 0.15) is 12.4 Å². The van der Waals surface area contributed by atoms with E-state index in [4.69, 9.17) is 4.74 Å². The van der Waals surface area contributed by atoms with Gasteiger partial charge in [0.05, 0.1) is 0 Å². The Bertz CT molecular complexity index is 380. The SMILES string of the molecule is CC(=O)C=Cc1ccc(OCCN(C)C)cc1. The number of rotatable bonds is 6. The van der Waals surface area contributed by atoms with Crippen LogP contribution in [0.25, 0.3) is 6.08 Å². The summed E-state index contributed by atoms with van der Waals surface area (Å²) in [6.45, 7) is 3.11. The van der Waals surface area contributed by atoms with Crippen molar-refractivity contribution in [3.8, 4) is 5.75 Å². The number of ether oxygens (including phenoxy) is 1. The quantitative estimate of drug-likeness (QED) is 0.706. The van der Waals surface area contributed by atoms with Crippen molar-refractivity contribution >= 4 is 11.9 Å². The third-order valence-corrected chi connectivity index (χ3v) is 2.20. The normalized spacial score (nSPS) is 11.1. The lowest BCUT2D eigenvalue weighted by Crippen LogP contribution is -2.19. The molecule has 0 fully saturated rings. The van der Waals surface area contributed by atoms with Crippen molar-refractivity contribution in [3.05, 3.63) is 35.9 Å². The molecular weight excluding hydrogens is 214 g/mol. The summed E-state index contributed by atoms with van der Waals surface area (Å²) in [5, 5.41) is 0. The molecule has 0 aromatic heterocycles. The summed E-state index contributed by atoms with van der Waals surface area (Å²) in [4.78, 5) is 12.8. The largest absolute Gasteiger partial charge is 0.492 e. The predicted molar refractivity (Wildman–Crippen MR) is 70.2 cm³/mol. The van der Waals surface area contributed by atoms with Gasteiger partial charge in [0.2, 0.25) is 0 Å². The second kappa shape index (κ2) is 6.86. The first-order valence-electron chi connectivity index (χ1n) is 5.64. The number of nitrogens with zero attached hydrogens (tertiary/aromatic N) is 1. The van der Waals surface area contributed by atoms with Crippen LogP contribution in [0.5, 0.6) is 5.75 Å². The third kappa shape index (κ3) is 5.88. The zero-order valence-electron chi connectivity index (χ0n) is 10.6. The van der Waals surface area contributed by atoms with Gasteiger partial charge in [0.15, 0.2) is 5.78 Å². The number of allylic oxidation sites excluding steroid dienone is 1. The summed E-state index contributed by atoms with van der Waals surface area (Å²) in [5.74, 6) is 0.906. The molecule has 17 heavy (non-hydrogen) atoms. The number of likely N-dealkylation sites (N-methyl/N-ethyl adjacent to an activating group) is 1. The Hall–Kier alpha value is -1.61. The van der Waals surface area contributed by atoms with Crippen LogP contribution in [-0.2, 0) is 4.79 Å². The van der Waals surface area contributed by atoms with Gasteiger partial charge in [0, 0.05) is 6.54 Å². The van der Waals surface area contributed by atoms with Crippen LogP contribution in [0.3, 0.4) is 0 Å². The highest BCUT2D eigenvalue weighted by atomic mass is 16.5. The van der Waals surface area contributed by atoms with Crippen LogP contribution < -0.4 is 4.74 Å². The molecular formula is C14H19NO2. The number of benzene rings is 1. The highest BCUT2D eigenvalue weighted by Gasteiger charge is 1.95. The van der Waals surface area contributed by atoms with E-state index in [0.717, 1.165) is 17.9 Å². The molecule has 0 aliphatic rings. The van der Waals surface area contributed by atoms with Crippen LogP contribution in [0, 0.1) is 0 Å². The van der Waals surface area contributed by atoms with E-state index >= 15 is 0 Å². The van der Waals surface area contributed by atoms with Crippen molar-refractivity contribution in [1.29, 1.82) is 0 Å². The molecule has 0 atom stereocenters. The van der Waals surface area contributed by atoms with Crippen molar-refractivity contribution < 1.29 is 9.53 Å². The molecule has 0 aliphatic heterocycles. The van der Waals surface area contributed by atoms with E-state index in [1.54, 1.807) is 12.2 Å². The molecule has 3 heteroatoms. The van der Waals surface area contributed by atoms with Gasteiger partial charge in [0.25, 0.3) is 0 Å². The molecule has 0 radical (unpaired) electrons. The van der Waals surface area contributed by atoms with Crippen LogP contribution in [0.1, 0.15) is 12.5 Å². The minimum absolute atomic E-state index is 0.0521. The fourth-order valence-corrected chi connectivity index (χ4v) is 1.23. The summed E-state index contributed by atoms with van der Waals surface area (Å²) in [7, 11) is 4.03. The Balaban J connectivity index is 2.47. The molecule has 0 unspecified atom stereocenters. The lowest BCUT2D eigenvalue weighted by molar-refractivity contribution is -0.112. The molecule has 1 aromatic rings. The smallest absolute Gasteiger partial charge is 0.152 e. The average Bonchev–Trinajstić information content (AvgIpc) is 2.27. The van der Waals surface area contributed by atoms with Crippen molar-refractivity contribution in [2.45, 2.75) is 6.92 Å². The van der Waals surface area contributed by atoms with E-state index in [1.165, 1.54) is 6.92 Å². The van der Waals surface area contributed by atoms with Crippen LogP contribution in [0.15, 0.2) is 30.3 Å². The molecule has 0 saturated carbocycles. The second-order valence-electron chi connectivity index (χ2n) is 4.16. The number of hydrogen-bond acceptors (Lipinski definition) is 3. The molecule has 92 valence electrons. The minimum Gasteiger partial charge on any atom is -0.492 e. The standard InChI is InChI=1S/C14H19NO2/c1-12(16)4-5-13-6-8-14(9-7-13)17-11-10-15(2)3/h4-9H,10-11H2,1-3H3. The predicted octanol–water partition coefficient (Wildman–Crippen LogP) is 2.23. The molecule has 0 spiro atoms. The van der Waals surface area contributed by atoms with Crippen molar-refractivity contribution in [3.63, 3.8) is 0 Å². The van der Waals surface area contributed by atoms with Gasteiger partial charge >= 0.3 is 0 Å². The first kappa shape index (κ1) is 13.5. The molecule has 0 N–H and O–H groups in total. The van der Waals surface area contributed by atoms with E-state index in [2.05, 4.69) is 4.90 Å². The first-order valence-corrected chi connectivity index (χ1v) is 5.64. The lowest BCUT2D eigenvalue weighted by atomic mass is 10.2. The lowest BCUT2D eigenvalue weighted by Gasteiger charge is -2.10. The molecule has 0 heterocycles. The maximum absolute atomic E-state index is 10.8. The zero-order valence-corrected chi connectivity index (χ0v) is 10.6. The van der Waals surface area contributed by atoms with E-state index in [-0.39, 0.29) is 5.78 Å². The summed E-state index contributed by atoms with van der Waals surface area (Å²) in [5.41, 5.74) is 1.00. The van der Waals surface area contributed by atoms with Gasteiger partial charge in [-0.3, -0.25) is 4.79 Å². The molecule has 0 amide bonds. The van der Waals surface area contributed by atoms with Gasteiger partial charge in [-0.15, -0.1) is 0 Å². The Labute approximate surface area is 103 Å². The number of carbonyl (C=O) groups is 1. The fourth-order valence-electron chi connectivity index (χ4n) is 1.23. The van der Waals surface area contributed by atoms with Crippen LogP contribution in [-0.4, -0.2) is 37.9 Å². The maximum Gasteiger partial charge on any atom is 0.152 e. The third-order valence-electron chi connectivity index (χ3n) is 2.20. The topological polar surface area (TPSA) is 29.5 Å². The summed E-state index contributed by atoms with van der Waals surface area (Å²) < 4.78 is 5.56. The van der Waals surface area contributed by atoms with Gasteiger partial charge in [-0.2, -0.15) is 0 Å². The molecule has 0 saturated heterocycles. The molecule has 0 aliphatic carbocycles. The average molecular weight is 233 g/mol. The highest BCUT2D eigenvalue weighted by molar-refractivity contribution is 5.91. The molecule has 3 nitrogen and oxygen atoms in total. The second-order valence-corrected chi connectivity index (χ2v) is 4.16. The van der Waals surface area contributed by atoms with E-state index in [9.17, 15) is 4.79 Å². The van der Waals surface area contributed by atoms with Gasteiger partial charge in [-0.05, 0) is 44.8 Å². The summed E-state index contributed by atoms with van der Waals surface area (Å²) in [6.07, 6.45) is 3.36. The molecule has 1 rings (SSSR count). The van der Waals surface area contributed by atoms with Crippen molar-refractivity contribution in [1.82, 2.24) is 4.90 Å². The Morgan fingerprint density at radius 2 is 1.94 bits per heavy atom. The monoisotopic (exact) mass is 233 g/mol. The maximum atomic E-state index is 10.8. The van der Waals surface area contributed by atoms with Crippen LogP contribution >= 0.6 is 0 Å². The van der Waals surface area contributed by atoms with Crippen molar-refractivity contribution in [2.24, 2.45) is 0 Å². The summed E-state index contributed by atoms with van der Waals surface area (Å²) in [6, 6.07) is 7.69. The Morgan fingerprint density at radius 3 is 2.47 bits per heavy atom. The van der Waals surface area contributed by atoms with Gasteiger partial charge in [-0.1, -0.05) is 18.2 Å². The van der Waals surface area contributed by atoms with E-state index < -0.39 is 0 Å².